The first-order chi connectivity index (χ1) is 9.74. The largest absolute Gasteiger partial charge is 0.405 e. The Morgan fingerprint density at radius 3 is 2.90 bits per heavy atom. The summed E-state index contributed by atoms with van der Waals surface area (Å²) in [6.07, 6.45) is 8.12. The molecule has 0 spiro atoms. The van der Waals surface area contributed by atoms with Crippen molar-refractivity contribution in [1.29, 1.82) is 0 Å². The molecule has 1 saturated heterocycles. The molecule has 0 bridgehead atoms. The second kappa shape index (κ2) is 6.87. The Labute approximate surface area is 120 Å². The van der Waals surface area contributed by atoms with E-state index < -0.39 is 0 Å². The third kappa shape index (κ3) is 3.45. The Bertz CT molecular complexity index is 563. The predicted octanol–water partition coefficient (Wildman–Crippen LogP) is 3.18. The molecule has 1 unspecified atom stereocenters. The predicted molar refractivity (Wildman–Crippen MR) is 86.4 cm³/mol. The van der Waals surface area contributed by atoms with Crippen molar-refractivity contribution in [1.82, 2.24) is 5.32 Å². The van der Waals surface area contributed by atoms with Gasteiger partial charge in [0.2, 0.25) is 0 Å². The van der Waals surface area contributed by atoms with E-state index in [1.165, 1.54) is 18.2 Å². The number of allylic oxidation sites excluding steroid dienone is 3. The fraction of sp³-hybridized carbons (Fsp3) is 0.235. The first-order valence-corrected chi connectivity index (χ1v) is 6.83. The van der Waals surface area contributed by atoms with E-state index in [4.69, 9.17) is 5.73 Å². The highest BCUT2D eigenvalue weighted by Gasteiger charge is 2.18. The summed E-state index contributed by atoms with van der Waals surface area (Å²) in [5.41, 5.74) is 9.68. The van der Waals surface area contributed by atoms with E-state index in [1.807, 2.05) is 19.2 Å². The molecule has 1 heterocycles. The summed E-state index contributed by atoms with van der Waals surface area (Å²) in [6, 6.07) is 9.02. The molecule has 1 fully saturated rings. The highest BCUT2D eigenvalue weighted by Crippen LogP contribution is 2.26. The molecule has 0 radical (unpaired) electrons. The van der Waals surface area contributed by atoms with Crippen LogP contribution in [-0.2, 0) is 0 Å². The topological polar surface area (TPSA) is 50.4 Å². The van der Waals surface area contributed by atoms with Crippen molar-refractivity contribution in [2.75, 3.05) is 6.54 Å². The highest BCUT2D eigenvalue weighted by molar-refractivity contribution is 5.93. The van der Waals surface area contributed by atoms with Crippen molar-refractivity contribution in [2.45, 2.75) is 19.4 Å². The Morgan fingerprint density at radius 1 is 1.50 bits per heavy atom. The van der Waals surface area contributed by atoms with Gasteiger partial charge in [-0.2, -0.15) is 0 Å². The van der Waals surface area contributed by atoms with Gasteiger partial charge >= 0.3 is 0 Å². The minimum Gasteiger partial charge on any atom is -0.405 e. The molecule has 0 aliphatic carbocycles. The van der Waals surface area contributed by atoms with Crippen LogP contribution in [0.15, 0.2) is 60.4 Å². The number of benzene rings is 1. The highest BCUT2D eigenvalue weighted by atomic mass is 15.0. The molecule has 1 aliphatic rings. The maximum atomic E-state index is 5.35. The van der Waals surface area contributed by atoms with Gasteiger partial charge in [-0.25, -0.2) is 0 Å². The van der Waals surface area contributed by atoms with Gasteiger partial charge in [0.25, 0.3) is 0 Å². The van der Waals surface area contributed by atoms with Gasteiger partial charge in [0.1, 0.15) is 0 Å². The quantitative estimate of drug-likeness (QED) is 0.636. The van der Waals surface area contributed by atoms with E-state index in [0.717, 1.165) is 23.4 Å². The molecule has 0 saturated carbocycles. The SMILES string of the molecule is C=C/C(=C\N=C(C)C=CN)c1cccc(C2CCN2)c1. The molecule has 3 heteroatoms. The smallest absolute Gasteiger partial charge is 0.0387 e. The molecule has 0 aromatic heterocycles. The van der Waals surface area contributed by atoms with Crippen LogP contribution in [0.4, 0.5) is 0 Å². The fourth-order valence-electron chi connectivity index (χ4n) is 2.11. The summed E-state index contributed by atoms with van der Waals surface area (Å²) in [6.45, 7) is 6.89. The number of hydrogen-bond donors (Lipinski definition) is 2. The van der Waals surface area contributed by atoms with Crippen LogP contribution in [0.3, 0.4) is 0 Å². The lowest BCUT2D eigenvalue weighted by Crippen LogP contribution is -2.34. The zero-order valence-corrected chi connectivity index (χ0v) is 11.8. The average molecular weight is 267 g/mol. The number of nitrogens with one attached hydrogen (secondary N) is 1. The maximum Gasteiger partial charge on any atom is 0.0387 e. The summed E-state index contributed by atoms with van der Waals surface area (Å²) in [5, 5.41) is 3.42. The second-order valence-corrected chi connectivity index (χ2v) is 4.84. The van der Waals surface area contributed by atoms with E-state index in [1.54, 1.807) is 6.08 Å². The Kier molecular flexibility index (Phi) is 4.91. The third-order valence-electron chi connectivity index (χ3n) is 3.41. The molecule has 20 heavy (non-hydrogen) atoms. The van der Waals surface area contributed by atoms with Crippen LogP contribution in [0.5, 0.6) is 0 Å². The van der Waals surface area contributed by atoms with Crippen molar-refractivity contribution in [3.63, 3.8) is 0 Å². The van der Waals surface area contributed by atoms with Gasteiger partial charge in [0.15, 0.2) is 0 Å². The molecule has 1 aliphatic heterocycles. The molecule has 104 valence electrons. The van der Waals surface area contributed by atoms with Crippen molar-refractivity contribution in [3.8, 4) is 0 Å². The number of nitrogens with zero attached hydrogens (tertiary/aromatic N) is 1. The fourth-order valence-corrected chi connectivity index (χ4v) is 2.11. The van der Waals surface area contributed by atoms with Crippen molar-refractivity contribution < 1.29 is 0 Å². The number of aliphatic imine (C=N–C) groups is 1. The van der Waals surface area contributed by atoms with Crippen molar-refractivity contribution in [3.05, 3.63) is 66.5 Å². The maximum absolute atomic E-state index is 5.35. The van der Waals surface area contributed by atoms with E-state index >= 15 is 0 Å². The van der Waals surface area contributed by atoms with Crippen LogP contribution < -0.4 is 11.1 Å². The molecular formula is C17H21N3. The van der Waals surface area contributed by atoms with Crippen LogP contribution in [-0.4, -0.2) is 12.3 Å². The Hall–Kier alpha value is -2.13. The van der Waals surface area contributed by atoms with Crippen LogP contribution in [0.2, 0.25) is 0 Å². The zero-order valence-electron chi connectivity index (χ0n) is 11.8. The average Bonchev–Trinajstić information content (AvgIpc) is 2.38. The molecule has 1 aromatic carbocycles. The van der Waals surface area contributed by atoms with Gasteiger partial charge in [-0.15, -0.1) is 0 Å². The van der Waals surface area contributed by atoms with Crippen LogP contribution in [0, 0.1) is 0 Å². The lowest BCUT2D eigenvalue weighted by Gasteiger charge is -2.28. The van der Waals surface area contributed by atoms with Crippen molar-refractivity contribution >= 4 is 11.3 Å². The zero-order chi connectivity index (χ0) is 14.4. The van der Waals surface area contributed by atoms with Crippen LogP contribution >= 0.6 is 0 Å². The summed E-state index contributed by atoms with van der Waals surface area (Å²) < 4.78 is 0. The normalized spacial score (nSPS) is 19.9. The van der Waals surface area contributed by atoms with Crippen LogP contribution in [0.1, 0.15) is 30.5 Å². The third-order valence-corrected chi connectivity index (χ3v) is 3.41. The van der Waals surface area contributed by atoms with Gasteiger partial charge in [-0.3, -0.25) is 4.99 Å². The van der Waals surface area contributed by atoms with Crippen molar-refractivity contribution in [2.24, 2.45) is 10.7 Å². The minimum absolute atomic E-state index is 0.492. The summed E-state index contributed by atoms with van der Waals surface area (Å²) in [7, 11) is 0. The van der Waals surface area contributed by atoms with Gasteiger partial charge < -0.3 is 11.1 Å². The molecule has 1 atom stereocenters. The van der Waals surface area contributed by atoms with Gasteiger partial charge in [-0.05, 0) is 54.9 Å². The number of hydrogen-bond acceptors (Lipinski definition) is 3. The van der Waals surface area contributed by atoms with E-state index in [2.05, 4.69) is 41.2 Å². The first-order valence-electron chi connectivity index (χ1n) is 6.83. The first kappa shape index (κ1) is 14.3. The summed E-state index contributed by atoms with van der Waals surface area (Å²) >= 11 is 0. The van der Waals surface area contributed by atoms with Gasteiger partial charge in [0, 0.05) is 18.0 Å². The number of nitrogens with two attached hydrogens (primary N) is 1. The summed E-state index contributed by atoms with van der Waals surface area (Å²) in [5.74, 6) is 0. The van der Waals surface area contributed by atoms with E-state index in [9.17, 15) is 0 Å². The molecule has 1 aromatic rings. The number of rotatable bonds is 5. The monoisotopic (exact) mass is 267 g/mol. The molecular weight excluding hydrogens is 246 g/mol. The second-order valence-electron chi connectivity index (χ2n) is 4.84. The Balaban J connectivity index is 2.24. The molecule has 0 amide bonds. The Morgan fingerprint density at radius 2 is 2.30 bits per heavy atom. The van der Waals surface area contributed by atoms with E-state index in [-0.39, 0.29) is 0 Å². The van der Waals surface area contributed by atoms with Gasteiger partial charge in [-0.1, -0.05) is 30.9 Å². The lowest BCUT2D eigenvalue weighted by molar-refractivity contribution is 0.383. The molecule has 2 rings (SSSR count). The molecule has 3 nitrogen and oxygen atoms in total. The standard InChI is InChI=1S/C17H21N3/c1-3-14(12-20-13(2)7-9-18)15-5-4-6-16(11-15)17-8-10-19-17/h3-7,9,11-12,17,19H,1,8,10,18H2,2H3/b9-7?,14-12+,20-13?. The summed E-state index contributed by atoms with van der Waals surface area (Å²) in [4.78, 5) is 4.37. The lowest BCUT2D eigenvalue weighted by atomic mass is 9.94. The molecule has 3 N–H and O–H groups in total. The minimum atomic E-state index is 0.492. The van der Waals surface area contributed by atoms with Gasteiger partial charge in [0.05, 0.1) is 0 Å². The van der Waals surface area contributed by atoms with E-state index in [0.29, 0.717) is 6.04 Å². The van der Waals surface area contributed by atoms with Crippen LogP contribution in [0.25, 0.3) is 5.57 Å².